The number of aromatic nitrogens is 2. The standard InChI is InChI=1S/C19H28N4O2.ClH/c1-14(2)25-17-6-5-15(11-18(17)24-4)13-23-10-7-20-12-16(23)19-21-8-9-22(19)3;/h5-6,8-9,11,14,16,20H,7,10,12-13H2,1-4H3;1H. The Bertz CT molecular complexity index is 705. The van der Waals surface area contributed by atoms with Crippen molar-refractivity contribution in [2.45, 2.75) is 32.5 Å². The fraction of sp³-hybridized carbons (Fsp3) is 0.526. The molecule has 1 unspecified atom stereocenters. The number of imidazole rings is 1. The molecule has 2 heterocycles. The lowest BCUT2D eigenvalue weighted by molar-refractivity contribution is 0.144. The molecular formula is C19H29ClN4O2. The quantitative estimate of drug-likeness (QED) is 0.835. The van der Waals surface area contributed by atoms with Crippen molar-refractivity contribution >= 4 is 12.4 Å². The van der Waals surface area contributed by atoms with Crippen LogP contribution in [-0.4, -0.2) is 47.3 Å². The van der Waals surface area contributed by atoms with Gasteiger partial charge in [-0.3, -0.25) is 4.90 Å². The largest absolute Gasteiger partial charge is 0.493 e. The summed E-state index contributed by atoms with van der Waals surface area (Å²) >= 11 is 0. The van der Waals surface area contributed by atoms with E-state index in [9.17, 15) is 0 Å². The average Bonchev–Trinajstić information content (AvgIpc) is 3.02. The molecule has 0 radical (unpaired) electrons. The Morgan fingerprint density at radius 1 is 1.31 bits per heavy atom. The van der Waals surface area contributed by atoms with E-state index in [1.807, 2.05) is 32.3 Å². The number of hydrogen-bond donors (Lipinski definition) is 1. The molecular weight excluding hydrogens is 352 g/mol. The Labute approximate surface area is 161 Å². The molecule has 1 fully saturated rings. The molecule has 0 bridgehead atoms. The summed E-state index contributed by atoms with van der Waals surface area (Å²) in [6.45, 7) is 7.79. The first-order valence-electron chi connectivity index (χ1n) is 8.84. The van der Waals surface area contributed by atoms with Gasteiger partial charge in [-0.05, 0) is 31.5 Å². The Morgan fingerprint density at radius 3 is 2.77 bits per heavy atom. The van der Waals surface area contributed by atoms with Crippen LogP contribution in [0.3, 0.4) is 0 Å². The van der Waals surface area contributed by atoms with Crippen LogP contribution in [0.1, 0.15) is 31.3 Å². The Morgan fingerprint density at radius 2 is 2.12 bits per heavy atom. The van der Waals surface area contributed by atoms with Crippen molar-refractivity contribution in [3.8, 4) is 11.5 Å². The molecule has 1 aliphatic rings. The van der Waals surface area contributed by atoms with Gasteiger partial charge in [0.1, 0.15) is 5.82 Å². The van der Waals surface area contributed by atoms with Crippen molar-refractivity contribution in [2.75, 3.05) is 26.7 Å². The lowest BCUT2D eigenvalue weighted by Gasteiger charge is -2.35. The van der Waals surface area contributed by atoms with Crippen molar-refractivity contribution in [3.05, 3.63) is 42.0 Å². The number of aryl methyl sites for hydroxylation is 1. The van der Waals surface area contributed by atoms with Crippen LogP contribution in [0.2, 0.25) is 0 Å². The second kappa shape index (κ2) is 9.26. The molecule has 1 N–H and O–H groups in total. The van der Waals surface area contributed by atoms with Crippen molar-refractivity contribution in [1.82, 2.24) is 19.8 Å². The van der Waals surface area contributed by atoms with E-state index in [-0.39, 0.29) is 24.6 Å². The van der Waals surface area contributed by atoms with Gasteiger partial charge in [-0.1, -0.05) is 6.07 Å². The van der Waals surface area contributed by atoms with Crippen molar-refractivity contribution in [3.63, 3.8) is 0 Å². The molecule has 1 aliphatic heterocycles. The molecule has 0 spiro atoms. The first-order valence-corrected chi connectivity index (χ1v) is 8.84. The molecule has 7 heteroatoms. The van der Waals surface area contributed by atoms with Gasteiger partial charge < -0.3 is 19.4 Å². The number of hydrogen-bond acceptors (Lipinski definition) is 5. The maximum atomic E-state index is 5.82. The Balaban J connectivity index is 0.00000243. The molecule has 144 valence electrons. The minimum absolute atomic E-state index is 0. The second-order valence-corrected chi connectivity index (χ2v) is 6.74. The van der Waals surface area contributed by atoms with Crippen LogP contribution in [0.15, 0.2) is 30.6 Å². The van der Waals surface area contributed by atoms with Gasteiger partial charge >= 0.3 is 0 Å². The molecule has 1 atom stereocenters. The lowest BCUT2D eigenvalue weighted by atomic mass is 10.1. The molecule has 2 aromatic rings. The maximum Gasteiger partial charge on any atom is 0.161 e. The Hall–Kier alpha value is -1.76. The van der Waals surface area contributed by atoms with Crippen molar-refractivity contribution < 1.29 is 9.47 Å². The fourth-order valence-corrected chi connectivity index (χ4v) is 3.28. The van der Waals surface area contributed by atoms with Gasteiger partial charge in [-0.2, -0.15) is 0 Å². The lowest BCUT2D eigenvalue weighted by Crippen LogP contribution is -2.46. The first kappa shape index (κ1) is 20.6. The van der Waals surface area contributed by atoms with E-state index in [4.69, 9.17) is 9.47 Å². The number of ether oxygens (including phenoxy) is 2. The summed E-state index contributed by atoms with van der Waals surface area (Å²) in [5.41, 5.74) is 1.22. The maximum absolute atomic E-state index is 5.82. The van der Waals surface area contributed by atoms with Gasteiger partial charge in [0.25, 0.3) is 0 Å². The van der Waals surface area contributed by atoms with E-state index in [1.54, 1.807) is 7.11 Å². The van der Waals surface area contributed by atoms with Crippen LogP contribution in [0.4, 0.5) is 0 Å². The highest BCUT2D eigenvalue weighted by atomic mass is 35.5. The topological polar surface area (TPSA) is 51.5 Å². The zero-order valence-electron chi connectivity index (χ0n) is 15.9. The van der Waals surface area contributed by atoms with Gasteiger partial charge in [0, 0.05) is 45.6 Å². The monoisotopic (exact) mass is 380 g/mol. The summed E-state index contributed by atoms with van der Waals surface area (Å²) in [5.74, 6) is 2.68. The summed E-state index contributed by atoms with van der Waals surface area (Å²) in [7, 11) is 3.74. The smallest absolute Gasteiger partial charge is 0.161 e. The van der Waals surface area contributed by atoms with Gasteiger partial charge in [0.15, 0.2) is 11.5 Å². The van der Waals surface area contributed by atoms with Gasteiger partial charge in [0.2, 0.25) is 0 Å². The normalized spacial score (nSPS) is 17.8. The summed E-state index contributed by atoms with van der Waals surface area (Å²) in [6.07, 6.45) is 3.99. The van der Waals surface area contributed by atoms with Crippen molar-refractivity contribution in [1.29, 1.82) is 0 Å². The molecule has 0 saturated carbocycles. The van der Waals surface area contributed by atoms with Crippen molar-refractivity contribution in [2.24, 2.45) is 7.05 Å². The number of rotatable bonds is 6. The number of methoxy groups -OCH3 is 1. The summed E-state index contributed by atoms with van der Waals surface area (Å²) in [4.78, 5) is 7.02. The van der Waals surface area contributed by atoms with Crippen LogP contribution in [0.5, 0.6) is 11.5 Å². The molecule has 26 heavy (non-hydrogen) atoms. The number of halogens is 1. The van der Waals surface area contributed by atoms with E-state index in [2.05, 4.69) is 38.9 Å². The van der Waals surface area contributed by atoms with Crippen LogP contribution in [0, 0.1) is 0 Å². The van der Waals surface area contributed by atoms with E-state index in [1.165, 1.54) is 5.56 Å². The predicted molar refractivity (Wildman–Crippen MR) is 105 cm³/mol. The SMILES string of the molecule is COc1cc(CN2CCNCC2c2nccn2C)ccc1OC(C)C.Cl. The highest BCUT2D eigenvalue weighted by Crippen LogP contribution is 2.31. The van der Waals surface area contributed by atoms with Crippen LogP contribution in [0.25, 0.3) is 0 Å². The predicted octanol–water partition coefficient (Wildman–Crippen LogP) is 2.78. The molecule has 1 aromatic heterocycles. The minimum atomic E-state index is 0. The zero-order chi connectivity index (χ0) is 17.8. The van der Waals surface area contributed by atoms with Crippen LogP contribution < -0.4 is 14.8 Å². The fourth-order valence-electron chi connectivity index (χ4n) is 3.28. The minimum Gasteiger partial charge on any atom is -0.493 e. The van der Waals surface area contributed by atoms with E-state index in [0.29, 0.717) is 0 Å². The number of benzene rings is 1. The highest BCUT2D eigenvalue weighted by molar-refractivity contribution is 5.85. The molecule has 0 amide bonds. The van der Waals surface area contributed by atoms with Gasteiger partial charge in [-0.15, -0.1) is 12.4 Å². The molecule has 0 aliphatic carbocycles. The summed E-state index contributed by atoms with van der Waals surface area (Å²) in [6, 6.07) is 6.48. The van der Waals surface area contributed by atoms with Crippen LogP contribution in [-0.2, 0) is 13.6 Å². The van der Waals surface area contributed by atoms with E-state index < -0.39 is 0 Å². The third-order valence-electron chi connectivity index (χ3n) is 4.49. The van der Waals surface area contributed by atoms with Gasteiger partial charge in [-0.25, -0.2) is 4.98 Å². The number of nitrogens with zero attached hydrogens (tertiary/aromatic N) is 3. The second-order valence-electron chi connectivity index (χ2n) is 6.74. The van der Waals surface area contributed by atoms with Crippen LogP contribution >= 0.6 is 12.4 Å². The third-order valence-corrected chi connectivity index (χ3v) is 4.49. The molecule has 1 aromatic carbocycles. The molecule has 6 nitrogen and oxygen atoms in total. The molecule has 1 saturated heterocycles. The van der Waals surface area contributed by atoms with Gasteiger partial charge in [0.05, 0.1) is 19.3 Å². The number of nitrogens with one attached hydrogen (secondary N) is 1. The highest BCUT2D eigenvalue weighted by Gasteiger charge is 2.26. The third kappa shape index (κ3) is 4.69. The Kier molecular flexibility index (Phi) is 7.32. The zero-order valence-corrected chi connectivity index (χ0v) is 16.8. The molecule has 3 rings (SSSR count). The summed E-state index contributed by atoms with van der Waals surface area (Å²) < 4.78 is 13.4. The summed E-state index contributed by atoms with van der Waals surface area (Å²) in [5, 5.41) is 3.48. The van der Waals surface area contributed by atoms with E-state index in [0.717, 1.165) is 43.5 Å². The first-order chi connectivity index (χ1) is 12.1. The average molecular weight is 381 g/mol. The number of piperazine rings is 1. The van der Waals surface area contributed by atoms with E-state index >= 15 is 0 Å².